The summed E-state index contributed by atoms with van der Waals surface area (Å²) >= 11 is 17.7. The molecule has 0 aromatic heterocycles. The van der Waals surface area contributed by atoms with E-state index in [1.54, 1.807) is 0 Å². The van der Waals surface area contributed by atoms with E-state index in [4.69, 9.17) is 34.8 Å². The van der Waals surface area contributed by atoms with Crippen LogP contribution in [-0.4, -0.2) is 6.54 Å². The van der Waals surface area contributed by atoms with Crippen LogP contribution in [0.3, 0.4) is 0 Å². The molecule has 0 spiro atoms. The monoisotopic (exact) mass is 221 g/mol. The van der Waals surface area contributed by atoms with E-state index < -0.39 is 0 Å². The van der Waals surface area contributed by atoms with E-state index in [2.05, 4.69) is 5.32 Å². The number of hydrogen-bond acceptors (Lipinski definition) is 1. The fourth-order valence-corrected chi connectivity index (χ4v) is 2.08. The maximum Gasteiger partial charge on any atom is 0.0782 e. The van der Waals surface area contributed by atoms with Crippen molar-refractivity contribution in [1.29, 1.82) is 0 Å². The number of hydrogen-bond donors (Lipinski definition) is 1. The van der Waals surface area contributed by atoms with Gasteiger partial charge in [-0.25, -0.2) is 0 Å². The molecule has 0 amide bonds. The Hall–Kier alpha value is -0.110. The fourth-order valence-electron chi connectivity index (χ4n) is 1.36. The highest BCUT2D eigenvalue weighted by Gasteiger charge is 2.17. The van der Waals surface area contributed by atoms with Gasteiger partial charge in [0.05, 0.1) is 15.1 Å². The van der Waals surface area contributed by atoms with Crippen LogP contribution < -0.4 is 5.32 Å². The molecule has 12 heavy (non-hydrogen) atoms. The van der Waals surface area contributed by atoms with Crippen LogP contribution in [0.15, 0.2) is 6.07 Å². The van der Waals surface area contributed by atoms with Crippen LogP contribution in [0, 0.1) is 0 Å². The van der Waals surface area contributed by atoms with Crippen molar-refractivity contribution in [3.63, 3.8) is 0 Å². The van der Waals surface area contributed by atoms with Crippen LogP contribution in [0.4, 0.5) is 5.69 Å². The van der Waals surface area contributed by atoms with Gasteiger partial charge in [-0.3, -0.25) is 0 Å². The summed E-state index contributed by atoms with van der Waals surface area (Å²) in [5.74, 6) is 0. The Labute approximate surface area is 85.6 Å². The fraction of sp³-hybridized carbons (Fsp3) is 0.250. The Bertz CT molecular complexity index is 336. The first-order valence-corrected chi connectivity index (χ1v) is 4.74. The molecule has 1 nitrogen and oxygen atoms in total. The molecule has 0 saturated carbocycles. The molecule has 2 rings (SSSR count). The zero-order valence-electron chi connectivity index (χ0n) is 6.13. The van der Waals surface area contributed by atoms with Crippen molar-refractivity contribution < 1.29 is 0 Å². The molecular weight excluding hydrogens is 216 g/mol. The van der Waals surface area contributed by atoms with Crippen molar-refractivity contribution in [1.82, 2.24) is 0 Å². The molecule has 4 heteroatoms. The van der Waals surface area contributed by atoms with Gasteiger partial charge in [0.2, 0.25) is 0 Å². The number of nitrogens with one attached hydrogen (secondary N) is 1. The minimum atomic E-state index is 0.459. The molecule has 0 atom stereocenters. The molecule has 1 aromatic rings. The second kappa shape index (κ2) is 2.99. The van der Waals surface area contributed by atoms with Crippen molar-refractivity contribution in [2.24, 2.45) is 0 Å². The molecule has 1 N–H and O–H groups in total. The normalized spacial score (nSPS) is 14.2. The first-order valence-electron chi connectivity index (χ1n) is 3.60. The lowest BCUT2D eigenvalue weighted by atomic mass is 10.2. The first kappa shape index (κ1) is 8.49. The molecule has 0 fully saturated rings. The lowest BCUT2D eigenvalue weighted by molar-refractivity contribution is 1.11. The van der Waals surface area contributed by atoms with Gasteiger partial charge in [0.1, 0.15) is 0 Å². The predicted molar refractivity (Wildman–Crippen MR) is 53.7 cm³/mol. The van der Waals surface area contributed by atoms with E-state index in [-0.39, 0.29) is 0 Å². The average Bonchev–Trinajstić information content (AvgIpc) is 2.48. The summed E-state index contributed by atoms with van der Waals surface area (Å²) in [6, 6.07) is 1.82. The molecule has 64 valence electrons. The molecule has 1 heterocycles. The van der Waals surface area contributed by atoms with Crippen LogP contribution in [0.5, 0.6) is 0 Å². The van der Waals surface area contributed by atoms with Crippen molar-refractivity contribution in [2.45, 2.75) is 6.42 Å². The Kier molecular flexibility index (Phi) is 2.11. The number of anilines is 1. The van der Waals surface area contributed by atoms with Crippen LogP contribution >= 0.6 is 34.8 Å². The molecular formula is C8H6Cl3N. The van der Waals surface area contributed by atoms with Crippen LogP contribution in [0.2, 0.25) is 15.1 Å². The summed E-state index contributed by atoms with van der Waals surface area (Å²) in [5.41, 5.74) is 2.08. The van der Waals surface area contributed by atoms with Gasteiger partial charge in [-0.05, 0) is 18.1 Å². The summed E-state index contributed by atoms with van der Waals surface area (Å²) in [5, 5.41) is 4.74. The van der Waals surface area contributed by atoms with Crippen molar-refractivity contribution in [2.75, 3.05) is 11.9 Å². The zero-order chi connectivity index (χ0) is 8.72. The summed E-state index contributed by atoms with van der Waals surface area (Å²) in [7, 11) is 0. The van der Waals surface area contributed by atoms with Crippen LogP contribution in [-0.2, 0) is 6.42 Å². The van der Waals surface area contributed by atoms with E-state index in [9.17, 15) is 0 Å². The van der Waals surface area contributed by atoms with E-state index in [0.717, 1.165) is 24.2 Å². The van der Waals surface area contributed by atoms with E-state index in [0.29, 0.717) is 15.1 Å². The van der Waals surface area contributed by atoms with Crippen molar-refractivity contribution >= 4 is 40.5 Å². The Morgan fingerprint density at radius 1 is 1.17 bits per heavy atom. The van der Waals surface area contributed by atoms with E-state index >= 15 is 0 Å². The minimum absolute atomic E-state index is 0.459. The van der Waals surface area contributed by atoms with Gasteiger partial charge in [0.25, 0.3) is 0 Å². The van der Waals surface area contributed by atoms with E-state index in [1.807, 2.05) is 6.07 Å². The second-order valence-electron chi connectivity index (χ2n) is 2.69. The average molecular weight is 223 g/mol. The third-order valence-corrected chi connectivity index (χ3v) is 3.26. The molecule has 0 aliphatic carbocycles. The standard InChI is InChI=1S/C8H6Cl3N/c9-5-3-6-4(1-2-12-6)7(10)8(5)11/h3,12H,1-2H2. The zero-order valence-corrected chi connectivity index (χ0v) is 8.39. The van der Waals surface area contributed by atoms with Gasteiger partial charge in [-0.1, -0.05) is 34.8 Å². The number of rotatable bonds is 0. The van der Waals surface area contributed by atoms with Gasteiger partial charge in [0.15, 0.2) is 0 Å². The quantitative estimate of drug-likeness (QED) is 0.661. The lowest BCUT2D eigenvalue weighted by Gasteiger charge is -2.05. The Morgan fingerprint density at radius 2 is 1.92 bits per heavy atom. The van der Waals surface area contributed by atoms with Gasteiger partial charge in [-0.2, -0.15) is 0 Å². The highest BCUT2D eigenvalue weighted by Crippen LogP contribution is 2.39. The van der Waals surface area contributed by atoms with Crippen molar-refractivity contribution in [3.05, 3.63) is 26.7 Å². The topological polar surface area (TPSA) is 12.0 Å². The maximum absolute atomic E-state index is 5.99. The predicted octanol–water partition coefficient (Wildman–Crippen LogP) is 3.61. The van der Waals surface area contributed by atoms with Gasteiger partial charge in [-0.15, -0.1) is 0 Å². The number of benzene rings is 1. The molecule has 0 saturated heterocycles. The van der Waals surface area contributed by atoms with Gasteiger partial charge in [0, 0.05) is 12.2 Å². The SMILES string of the molecule is Clc1cc2c(c(Cl)c1Cl)CCN2. The molecule has 1 aromatic carbocycles. The molecule has 0 unspecified atom stereocenters. The highest BCUT2D eigenvalue weighted by atomic mass is 35.5. The summed E-state index contributed by atoms with van der Waals surface area (Å²) in [6.45, 7) is 0.908. The van der Waals surface area contributed by atoms with Gasteiger partial charge >= 0.3 is 0 Å². The lowest BCUT2D eigenvalue weighted by Crippen LogP contribution is -1.90. The third kappa shape index (κ3) is 1.17. The smallest absolute Gasteiger partial charge is 0.0782 e. The number of halogens is 3. The summed E-state index contributed by atoms with van der Waals surface area (Å²) in [6.07, 6.45) is 0.922. The summed E-state index contributed by atoms with van der Waals surface area (Å²) in [4.78, 5) is 0. The second-order valence-corrected chi connectivity index (χ2v) is 3.85. The first-order chi connectivity index (χ1) is 5.70. The van der Waals surface area contributed by atoms with E-state index in [1.165, 1.54) is 0 Å². The summed E-state index contributed by atoms with van der Waals surface area (Å²) < 4.78 is 0. The molecule has 0 radical (unpaired) electrons. The number of fused-ring (bicyclic) bond motifs is 1. The van der Waals surface area contributed by atoms with Gasteiger partial charge < -0.3 is 5.32 Å². The maximum atomic E-state index is 5.99. The molecule has 0 bridgehead atoms. The van der Waals surface area contributed by atoms with Crippen molar-refractivity contribution in [3.8, 4) is 0 Å². The third-order valence-electron chi connectivity index (χ3n) is 1.95. The Morgan fingerprint density at radius 3 is 2.67 bits per heavy atom. The minimum Gasteiger partial charge on any atom is -0.384 e. The highest BCUT2D eigenvalue weighted by molar-refractivity contribution is 6.48. The van der Waals surface area contributed by atoms with Crippen LogP contribution in [0.1, 0.15) is 5.56 Å². The molecule has 1 aliphatic heterocycles. The van der Waals surface area contributed by atoms with Crippen LogP contribution in [0.25, 0.3) is 0 Å². The Balaban J connectivity index is 2.67. The largest absolute Gasteiger partial charge is 0.384 e. The molecule has 1 aliphatic rings.